The van der Waals surface area contributed by atoms with Gasteiger partial charge in [0.2, 0.25) is 0 Å². The number of benzene rings is 1. The van der Waals surface area contributed by atoms with Crippen LogP contribution < -0.4 is 4.89 Å². The van der Waals surface area contributed by atoms with Crippen LogP contribution in [-0.4, -0.2) is 8.96 Å². The van der Waals surface area contributed by atoms with E-state index >= 15 is 0 Å². The molecular formula is C16H11BrN2O2S. The maximum atomic E-state index is 5.22. The average Bonchev–Trinajstić information content (AvgIpc) is 2.86. The van der Waals surface area contributed by atoms with Crippen LogP contribution in [0.2, 0.25) is 0 Å². The molecule has 3 rings (SSSR count). The van der Waals surface area contributed by atoms with Crippen molar-refractivity contribution >= 4 is 39.2 Å². The van der Waals surface area contributed by atoms with Gasteiger partial charge in [-0.3, -0.25) is 0 Å². The van der Waals surface area contributed by atoms with E-state index in [1.807, 2.05) is 42.6 Å². The zero-order valence-electron chi connectivity index (χ0n) is 11.6. The molecule has 0 spiro atoms. The van der Waals surface area contributed by atoms with Crippen LogP contribution in [0, 0.1) is 11.8 Å². The van der Waals surface area contributed by atoms with Gasteiger partial charge in [-0.05, 0) is 41.1 Å². The summed E-state index contributed by atoms with van der Waals surface area (Å²) in [5.74, 6) is 6.60. The van der Waals surface area contributed by atoms with Crippen LogP contribution >= 0.6 is 28.2 Å². The van der Waals surface area contributed by atoms with E-state index in [0.29, 0.717) is 5.75 Å². The van der Waals surface area contributed by atoms with Gasteiger partial charge in [-0.1, -0.05) is 28.5 Å². The molecule has 0 fully saturated rings. The molecule has 0 radical (unpaired) electrons. The summed E-state index contributed by atoms with van der Waals surface area (Å²) < 4.78 is 7.90. The number of aromatic nitrogens is 2. The Balaban J connectivity index is 1.82. The first-order valence-corrected chi connectivity index (χ1v) is 7.93. The first kappa shape index (κ1) is 15.0. The fourth-order valence-corrected chi connectivity index (χ4v) is 2.78. The molecule has 6 heteroatoms. The highest BCUT2D eigenvalue weighted by molar-refractivity contribution is 9.10. The summed E-state index contributed by atoms with van der Waals surface area (Å²) in [6.07, 6.45) is 3.61. The summed E-state index contributed by atoms with van der Waals surface area (Å²) in [5.41, 5.74) is 1.66. The molecule has 3 aromatic rings. The van der Waals surface area contributed by atoms with E-state index in [2.05, 4.69) is 32.8 Å². The fraction of sp³-hybridized carbons (Fsp3) is 0.0625. The molecule has 0 saturated heterocycles. The minimum Gasteiger partial charge on any atom is -0.324 e. The van der Waals surface area contributed by atoms with Gasteiger partial charge >= 0.3 is 0 Å². The van der Waals surface area contributed by atoms with Gasteiger partial charge in [0.05, 0.1) is 5.56 Å². The van der Waals surface area contributed by atoms with Gasteiger partial charge in [0.1, 0.15) is 0 Å². The number of rotatable bonds is 4. The van der Waals surface area contributed by atoms with Crippen molar-refractivity contribution < 1.29 is 9.22 Å². The van der Waals surface area contributed by atoms with Gasteiger partial charge in [0.25, 0.3) is 0 Å². The van der Waals surface area contributed by atoms with Crippen molar-refractivity contribution in [1.82, 2.24) is 8.96 Å². The normalized spacial score (nSPS) is 10.3. The van der Waals surface area contributed by atoms with Crippen molar-refractivity contribution in [3.05, 3.63) is 58.8 Å². The first-order valence-electron chi connectivity index (χ1n) is 6.44. The first-order chi connectivity index (χ1) is 10.8. The summed E-state index contributed by atoms with van der Waals surface area (Å²) >= 11 is 4.47. The van der Waals surface area contributed by atoms with Crippen molar-refractivity contribution in [3.63, 3.8) is 0 Å². The molecule has 110 valence electrons. The Hall–Kier alpha value is -1.94. The second kappa shape index (κ2) is 6.88. The third kappa shape index (κ3) is 3.28. The lowest BCUT2D eigenvalue weighted by Crippen LogP contribution is -1.94. The number of para-hydroxylation sites is 1. The van der Waals surface area contributed by atoms with Crippen molar-refractivity contribution in [2.24, 2.45) is 0 Å². The van der Waals surface area contributed by atoms with E-state index in [1.165, 1.54) is 0 Å². The van der Waals surface area contributed by atoms with E-state index in [-0.39, 0.29) is 0 Å². The van der Waals surface area contributed by atoms with Gasteiger partial charge in [-0.15, -0.1) is 5.92 Å². The monoisotopic (exact) mass is 374 g/mol. The van der Waals surface area contributed by atoms with E-state index in [0.717, 1.165) is 33.3 Å². The maximum Gasteiger partial charge on any atom is 0.170 e. The molecule has 0 atom stereocenters. The quantitative estimate of drug-likeness (QED) is 0.289. The Morgan fingerprint density at radius 2 is 2.09 bits per heavy atom. The summed E-state index contributed by atoms with van der Waals surface area (Å²) in [4.78, 5) is 9.62. The van der Waals surface area contributed by atoms with Crippen LogP contribution in [0.25, 0.3) is 11.0 Å². The van der Waals surface area contributed by atoms with Crippen LogP contribution in [0.15, 0.2) is 53.3 Å². The lowest BCUT2D eigenvalue weighted by molar-refractivity contribution is -0.0785. The summed E-state index contributed by atoms with van der Waals surface area (Å²) in [5, 5.41) is 0.958. The van der Waals surface area contributed by atoms with Crippen LogP contribution in [0.1, 0.15) is 12.5 Å². The second-order valence-electron chi connectivity index (χ2n) is 4.31. The highest BCUT2D eigenvalue weighted by atomic mass is 79.9. The van der Waals surface area contributed by atoms with E-state index in [4.69, 9.17) is 9.22 Å². The molecule has 0 aliphatic rings. The zero-order valence-corrected chi connectivity index (χ0v) is 14.0. The summed E-state index contributed by atoms with van der Waals surface area (Å²) in [7, 11) is 0. The van der Waals surface area contributed by atoms with Gasteiger partial charge in [-0.25, -0.2) is 8.96 Å². The maximum absolute atomic E-state index is 5.22. The molecule has 1 aromatic carbocycles. The molecule has 22 heavy (non-hydrogen) atoms. The molecule has 0 amide bonds. The zero-order chi connectivity index (χ0) is 15.4. The second-order valence-corrected chi connectivity index (χ2v) is 5.90. The molecule has 0 unspecified atom stereocenters. The average molecular weight is 375 g/mol. The molecule has 2 heterocycles. The third-order valence-electron chi connectivity index (χ3n) is 2.82. The Bertz CT molecular complexity index is 853. The predicted molar refractivity (Wildman–Crippen MR) is 91.1 cm³/mol. The van der Waals surface area contributed by atoms with Crippen molar-refractivity contribution in [2.75, 3.05) is 0 Å². The summed E-state index contributed by atoms with van der Waals surface area (Å²) in [6.45, 7) is 1.80. The van der Waals surface area contributed by atoms with Crippen LogP contribution in [0.4, 0.5) is 0 Å². The van der Waals surface area contributed by atoms with Crippen LogP contribution in [0.3, 0.4) is 0 Å². The smallest absolute Gasteiger partial charge is 0.170 e. The lowest BCUT2D eigenvalue weighted by Gasteiger charge is -2.03. The summed E-state index contributed by atoms with van der Waals surface area (Å²) in [6, 6.07) is 11.3. The molecule has 4 nitrogen and oxygen atoms in total. The SMILES string of the molecule is CC#Cc1cn(SOOc2ccccc2)c2ncc(Br)cc12. The molecular weight excluding hydrogens is 364 g/mol. The van der Waals surface area contributed by atoms with Crippen LogP contribution in [-0.2, 0) is 4.33 Å². The number of hydrogen-bond donors (Lipinski definition) is 0. The van der Waals surface area contributed by atoms with E-state index in [1.54, 1.807) is 17.1 Å². The highest BCUT2D eigenvalue weighted by Crippen LogP contribution is 2.26. The Morgan fingerprint density at radius 3 is 2.86 bits per heavy atom. The van der Waals surface area contributed by atoms with Crippen LogP contribution in [0.5, 0.6) is 5.75 Å². The predicted octanol–water partition coefficient (Wildman–Crippen LogP) is 4.59. The number of fused-ring (bicyclic) bond motifs is 1. The molecule has 0 N–H and O–H groups in total. The molecule has 0 aliphatic heterocycles. The minimum atomic E-state index is 0.635. The van der Waals surface area contributed by atoms with Gasteiger partial charge in [0.15, 0.2) is 23.6 Å². The van der Waals surface area contributed by atoms with E-state index in [9.17, 15) is 0 Å². The van der Waals surface area contributed by atoms with Gasteiger partial charge < -0.3 is 4.89 Å². The number of pyridine rings is 1. The van der Waals surface area contributed by atoms with Crippen molar-refractivity contribution in [1.29, 1.82) is 0 Å². The Labute approximate surface area is 140 Å². The topological polar surface area (TPSA) is 36.3 Å². The lowest BCUT2D eigenvalue weighted by atomic mass is 10.2. The van der Waals surface area contributed by atoms with Crippen molar-refractivity contribution in [2.45, 2.75) is 6.92 Å². The molecule has 0 bridgehead atoms. The van der Waals surface area contributed by atoms with Crippen molar-refractivity contribution in [3.8, 4) is 17.6 Å². The molecule has 0 saturated carbocycles. The number of nitrogens with zero attached hydrogens (tertiary/aromatic N) is 2. The molecule has 2 aromatic heterocycles. The van der Waals surface area contributed by atoms with Gasteiger partial charge in [-0.2, -0.15) is 0 Å². The largest absolute Gasteiger partial charge is 0.324 e. The fourth-order valence-electron chi connectivity index (χ4n) is 1.91. The van der Waals surface area contributed by atoms with E-state index < -0.39 is 0 Å². The molecule has 0 aliphatic carbocycles. The van der Waals surface area contributed by atoms with Gasteiger partial charge in [0, 0.05) is 22.3 Å². The number of halogens is 1. The highest BCUT2D eigenvalue weighted by Gasteiger charge is 2.10. The minimum absolute atomic E-state index is 0.635. The third-order valence-corrected chi connectivity index (χ3v) is 3.82. The standard InChI is InChI=1S/C16H11BrN2O2S/c1-2-6-12-11-19(16-15(12)9-13(17)10-18-16)22-21-20-14-7-4-3-5-8-14/h3-5,7-11H,1H3. The Kier molecular flexibility index (Phi) is 4.68. The number of hydrogen-bond acceptors (Lipinski definition) is 4. The Morgan fingerprint density at radius 1 is 1.27 bits per heavy atom.